The molecule has 2 unspecified atom stereocenters. The first-order chi connectivity index (χ1) is 9.81. The summed E-state index contributed by atoms with van der Waals surface area (Å²) in [7, 11) is -0.846. The molecular weight excluding hydrogens is 286 g/mol. The van der Waals surface area contributed by atoms with Crippen molar-refractivity contribution in [2.75, 3.05) is 13.1 Å². The minimum Gasteiger partial charge on any atom is -0.336 e. The van der Waals surface area contributed by atoms with E-state index in [4.69, 9.17) is 0 Å². The van der Waals surface area contributed by atoms with E-state index in [1.807, 2.05) is 30.4 Å². The van der Waals surface area contributed by atoms with E-state index in [0.29, 0.717) is 24.6 Å². The van der Waals surface area contributed by atoms with Crippen LogP contribution >= 0.6 is 0 Å². The molecule has 5 nitrogen and oxygen atoms in total. The molecule has 0 aliphatic carbocycles. The van der Waals surface area contributed by atoms with Crippen LogP contribution in [-0.4, -0.2) is 48.4 Å². The SMILES string of the molecule is Cc1c(C(=O)N2CC(C)S(=O)C(C)C2)cnn1CC(C)C. The lowest BCUT2D eigenvalue weighted by Gasteiger charge is -2.34. The molecule has 1 saturated heterocycles. The molecule has 0 spiro atoms. The fourth-order valence-corrected chi connectivity index (χ4v) is 4.21. The summed E-state index contributed by atoms with van der Waals surface area (Å²) in [6.07, 6.45) is 1.67. The van der Waals surface area contributed by atoms with E-state index in [9.17, 15) is 9.00 Å². The molecule has 0 radical (unpaired) electrons. The fraction of sp³-hybridized carbons (Fsp3) is 0.733. The van der Waals surface area contributed by atoms with Gasteiger partial charge in [0.1, 0.15) is 0 Å². The maximum absolute atomic E-state index is 12.7. The van der Waals surface area contributed by atoms with E-state index in [1.165, 1.54) is 0 Å². The maximum Gasteiger partial charge on any atom is 0.257 e. The van der Waals surface area contributed by atoms with Crippen LogP contribution in [0.25, 0.3) is 0 Å². The van der Waals surface area contributed by atoms with Gasteiger partial charge in [-0.3, -0.25) is 13.7 Å². The third-order valence-electron chi connectivity index (χ3n) is 3.91. The molecule has 2 atom stereocenters. The Bertz CT molecular complexity index is 539. The molecule has 1 aromatic rings. The molecule has 0 N–H and O–H groups in total. The van der Waals surface area contributed by atoms with Crippen molar-refractivity contribution in [1.82, 2.24) is 14.7 Å². The van der Waals surface area contributed by atoms with Crippen molar-refractivity contribution in [1.29, 1.82) is 0 Å². The van der Waals surface area contributed by atoms with Gasteiger partial charge in [0.15, 0.2) is 0 Å². The van der Waals surface area contributed by atoms with Gasteiger partial charge >= 0.3 is 0 Å². The van der Waals surface area contributed by atoms with E-state index in [1.54, 1.807) is 6.20 Å². The van der Waals surface area contributed by atoms with Crippen molar-refractivity contribution in [3.05, 3.63) is 17.5 Å². The Morgan fingerprint density at radius 3 is 2.48 bits per heavy atom. The molecule has 21 heavy (non-hydrogen) atoms. The average molecular weight is 311 g/mol. The predicted octanol–water partition coefficient (Wildman–Crippen LogP) is 1.83. The van der Waals surface area contributed by atoms with Crippen LogP contribution in [0, 0.1) is 12.8 Å². The van der Waals surface area contributed by atoms with Crippen LogP contribution < -0.4 is 0 Å². The number of amides is 1. The molecule has 0 saturated carbocycles. The lowest BCUT2D eigenvalue weighted by Crippen LogP contribution is -2.49. The van der Waals surface area contributed by atoms with Gasteiger partial charge in [-0.15, -0.1) is 0 Å². The van der Waals surface area contributed by atoms with E-state index in [0.717, 1.165) is 12.2 Å². The maximum atomic E-state index is 12.7. The smallest absolute Gasteiger partial charge is 0.257 e. The average Bonchev–Trinajstić information content (AvgIpc) is 2.75. The van der Waals surface area contributed by atoms with Gasteiger partial charge in [0.2, 0.25) is 0 Å². The van der Waals surface area contributed by atoms with Crippen LogP contribution in [0.2, 0.25) is 0 Å². The zero-order valence-electron chi connectivity index (χ0n) is 13.5. The van der Waals surface area contributed by atoms with Gasteiger partial charge in [0.05, 0.1) is 11.8 Å². The highest BCUT2D eigenvalue weighted by Crippen LogP contribution is 2.19. The second kappa shape index (κ2) is 6.30. The largest absolute Gasteiger partial charge is 0.336 e. The number of hydrogen-bond donors (Lipinski definition) is 0. The van der Waals surface area contributed by atoms with Crippen molar-refractivity contribution in [3.8, 4) is 0 Å². The highest BCUT2D eigenvalue weighted by Gasteiger charge is 2.32. The number of hydrogen-bond acceptors (Lipinski definition) is 3. The van der Waals surface area contributed by atoms with Crippen LogP contribution in [0.4, 0.5) is 0 Å². The third kappa shape index (κ3) is 3.36. The normalized spacial score (nSPS) is 26.4. The molecule has 2 heterocycles. The molecule has 1 fully saturated rings. The molecule has 1 aliphatic rings. The van der Waals surface area contributed by atoms with E-state index in [-0.39, 0.29) is 16.4 Å². The molecule has 6 heteroatoms. The van der Waals surface area contributed by atoms with Crippen molar-refractivity contribution in [2.45, 2.75) is 51.7 Å². The quantitative estimate of drug-likeness (QED) is 0.856. The minimum atomic E-state index is -0.846. The summed E-state index contributed by atoms with van der Waals surface area (Å²) in [5, 5.41) is 4.40. The summed E-state index contributed by atoms with van der Waals surface area (Å²) in [5.41, 5.74) is 1.59. The van der Waals surface area contributed by atoms with E-state index in [2.05, 4.69) is 18.9 Å². The first-order valence-electron chi connectivity index (χ1n) is 7.52. The molecule has 0 aromatic carbocycles. The third-order valence-corrected chi connectivity index (χ3v) is 5.79. The van der Waals surface area contributed by atoms with Crippen LogP contribution in [0.3, 0.4) is 0 Å². The fourth-order valence-electron chi connectivity index (χ4n) is 2.76. The topological polar surface area (TPSA) is 55.2 Å². The Morgan fingerprint density at radius 1 is 1.38 bits per heavy atom. The monoisotopic (exact) mass is 311 g/mol. The zero-order valence-corrected chi connectivity index (χ0v) is 14.3. The Balaban J connectivity index is 2.17. The summed E-state index contributed by atoms with van der Waals surface area (Å²) >= 11 is 0. The first-order valence-corrected chi connectivity index (χ1v) is 8.80. The van der Waals surface area contributed by atoms with Gasteiger partial charge in [-0.1, -0.05) is 13.8 Å². The second-order valence-electron chi connectivity index (χ2n) is 6.38. The number of aromatic nitrogens is 2. The van der Waals surface area contributed by atoms with Gasteiger partial charge in [-0.05, 0) is 26.7 Å². The minimum absolute atomic E-state index is 0.0120. The number of nitrogens with zero attached hydrogens (tertiary/aromatic N) is 3. The van der Waals surface area contributed by atoms with Crippen molar-refractivity contribution in [3.63, 3.8) is 0 Å². The predicted molar refractivity (Wildman–Crippen MR) is 84.8 cm³/mol. The van der Waals surface area contributed by atoms with Crippen molar-refractivity contribution < 1.29 is 9.00 Å². The first kappa shape index (κ1) is 16.2. The Hall–Kier alpha value is -1.17. The number of rotatable bonds is 3. The highest BCUT2D eigenvalue weighted by atomic mass is 32.2. The Kier molecular flexibility index (Phi) is 4.86. The molecule has 118 valence electrons. The second-order valence-corrected chi connectivity index (χ2v) is 8.65. The van der Waals surface area contributed by atoms with E-state index >= 15 is 0 Å². The summed E-state index contributed by atoms with van der Waals surface area (Å²) in [6, 6.07) is 0. The van der Waals surface area contributed by atoms with Crippen LogP contribution in [0.1, 0.15) is 43.7 Å². The Morgan fingerprint density at radius 2 is 1.95 bits per heavy atom. The summed E-state index contributed by atoms with van der Waals surface area (Å²) < 4.78 is 13.9. The zero-order chi connectivity index (χ0) is 15.7. The lowest BCUT2D eigenvalue weighted by molar-refractivity contribution is 0.0750. The van der Waals surface area contributed by atoms with Gasteiger partial charge in [-0.2, -0.15) is 5.10 Å². The Labute approximate surface area is 129 Å². The van der Waals surface area contributed by atoms with Gasteiger partial charge in [-0.25, -0.2) is 0 Å². The highest BCUT2D eigenvalue weighted by molar-refractivity contribution is 7.86. The van der Waals surface area contributed by atoms with Crippen LogP contribution in [0.15, 0.2) is 6.20 Å². The number of carbonyl (C=O) groups is 1. The molecule has 0 bridgehead atoms. The van der Waals surface area contributed by atoms with Gasteiger partial charge in [0, 0.05) is 46.6 Å². The summed E-state index contributed by atoms with van der Waals surface area (Å²) in [5.74, 6) is 0.502. The van der Waals surface area contributed by atoms with Gasteiger partial charge < -0.3 is 4.90 Å². The molecular formula is C15H25N3O2S. The van der Waals surface area contributed by atoms with Crippen molar-refractivity contribution in [2.24, 2.45) is 5.92 Å². The van der Waals surface area contributed by atoms with Crippen LogP contribution in [0.5, 0.6) is 0 Å². The molecule has 2 rings (SSSR count). The summed E-state index contributed by atoms with van der Waals surface area (Å²) in [4.78, 5) is 14.5. The summed E-state index contributed by atoms with van der Waals surface area (Å²) in [6.45, 7) is 12.0. The van der Waals surface area contributed by atoms with Gasteiger partial charge in [0.25, 0.3) is 5.91 Å². The number of carbonyl (C=O) groups excluding carboxylic acids is 1. The standard InChI is InChI=1S/C15H25N3O2S/c1-10(2)7-18-13(5)14(6-16-18)15(19)17-8-11(3)21(20)12(4)9-17/h6,10-12H,7-9H2,1-5H3. The van der Waals surface area contributed by atoms with E-state index < -0.39 is 10.8 Å². The molecule has 1 aliphatic heterocycles. The van der Waals surface area contributed by atoms with Crippen LogP contribution in [-0.2, 0) is 17.3 Å². The molecule has 1 amide bonds. The lowest BCUT2D eigenvalue weighted by atomic mass is 10.2. The molecule has 1 aromatic heterocycles. The van der Waals surface area contributed by atoms with Crippen molar-refractivity contribution >= 4 is 16.7 Å².